The predicted octanol–water partition coefficient (Wildman–Crippen LogP) is 4.37. The van der Waals surface area contributed by atoms with Crippen LogP contribution in [0.2, 0.25) is 5.02 Å². The quantitative estimate of drug-likeness (QED) is 0.366. The van der Waals surface area contributed by atoms with Crippen LogP contribution in [0.25, 0.3) is 5.76 Å². The lowest BCUT2D eigenvalue weighted by Crippen LogP contribution is -2.29. The standard InChI is InChI=1S/C24H19ClN2O4/c1-31-19-8-4-17(5-9-19)22(28)20-21(16-2-6-18(25)7-3-16)27(24(30)23(20)29)14-15-10-12-26-13-11-15/h2-13,21,28H,14H2,1H3/b22-20-. The summed E-state index contributed by atoms with van der Waals surface area (Å²) in [4.78, 5) is 31.4. The van der Waals surface area contributed by atoms with Gasteiger partial charge in [-0.3, -0.25) is 14.6 Å². The van der Waals surface area contributed by atoms with Gasteiger partial charge in [0.15, 0.2) is 0 Å². The molecule has 0 bridgehead atoms. The second-order valence-electron chi connectivity index (χ2n) is 7.06. The Balaban J connectivity index is 1.84. The smallest absolute Gasteiger partial charge is 0.295 e. The van der Waals surface area contributed by atoms with Crippen molar-refractivity contribution in [1.82, 2.24) is 9.88 Å². The first-order valence-corrected chi connectivity index (χ1v) is 9.94. The van der Waals surface area contributed by atoms with Crippen LogP contribution >= 0.6 is 11.6 Å². The van der Waals surface area contributed by atoms with E-state index in [9.17, 15) is 14.7 Å². The molecule has 156 valence electrons. The van der Waals surface area contributed by atoms with Crippen molar-refractivity contribution < 1.29 is 19.4 Å². The zero-order chi connectivity index (χ0) is 22.0. The molecular formula is C24H19ClN2O4. The van der Waals surface area contributed by atoms with E-state index in [4.69, 9.17) is 16.3 Å². The van der Waals surface area contributed by atoms with Gasteiger partial charge in [-0.05, 0) is 59.7 Å². The number of ether oxygens (including phenoxy) is 1. The van der Waals surface area contributed by atoms with E-state index in [0.717, 1.165) is 5.56 Å². The number of carbonyl (C=O) groups is 2. The van der Waals surface area contributed by atoms with Crippen molar-refractivity contribution in [2.45, 2.75) is 12.6 Å². The van der Waals surface area contributed by atoms with Gasteiger partial charge in [0, 0.05) is 29.5 Å². The maximum atomic E-state index is 13.0. The van der Waals surface area contributed by atoms with Crippen molar-refractivity contribution in [3.8, 4) is 5.75 Å². The number of ketones is 1. The van der Waals surface area contributed by atoms with E-state index < -0.39 is 17.7 Å². The molecule has 0 aliphatic carbocycles. The Bertz CT molecular complexity index is 1140. The third-order valence-corrected chi connectivity index (χ3v) is 5.44. The highest BCUT2D eigenvalue weighted by Gasteiger charge is 2.46. The van der Waals surface area contributed by atoms with Gasteiger partial charge in [0.1, 0.15) is 11.5 Å². The molecule has 1 atom stereocenters. The number of pyridine rings is 1. The van der Waals surface area contributed by atoms with Crippen LogP contribution in [0.4, 0.5) is 0 Å². The fraction of sp³-hybridized carbons (Fsp3) is 0.125. The summed E-state index contributed by atoms with van der Waals surface area (Å²) < 4.78 is 5.15. The summed E-state index contributed by atoms with van der Waals surface area (Å²) in [6, 6.07) is 16.3. The summed E-state index contributed by atoms with van der Waals surface area (Å²) in [5.41, 5.74) is 1.95. The highest BCUT2D eigenvalue weighted by atomic mass is 35.5. The van der Waals surface area contributed by atoms with Gasteiger partial charge in [0.05, 0.1) is 18.7 Å². The molecule has 1 N–H and O–H groups in total. The number of hydrogen-bond acceptors (Lipinski definition) is 5. The second kappa shape index (κ2) is 8.62. The summed E-state index contributed by atoms with van der Waals surface area (Å²) >= 11 is 6.04. The molecule has 0 saturated carbocycles. The molecule has 31 heavy (non-hydrogen) atoms. The molecule has 7 heteroatoms. The third-order valence-electron chi connectivity index (χ3n) is 5.19. The first-order chi connectivity index (χ1) is 15.0. The molecule has 3 aromatic rings. The van der Waals surface area contributed by atoms with Crippen molar-refractivity contribution in [3.63, 3.8) is 0 Å². The second-order valence-corrected chi connectivity index (χ2v) is 7.50. The minimum absolute atomic E-state index is 0.0338. The number of aromatic nitrogens is 1. The Morgan fingerprint density at radius 2 is 1.68 bits per heavy atom. The highest BCUT2D eigenvalue weighted by Crippen LogP contribution is 2.40. The Morgan fingerprint density at radius 1 is 1.03 bits per heavy atom. The molecule has 4 rings (SSSR count). The monoisotopic (exact) mass is 434 g/mol. The van der Waals surface area contributed by atoms with Gasteiger partial charge in [0.25, 0.3) is 11.7 Å². The largest absolute Gasteiger partial charge is 0.507 e. The average Bonchev–Trinajstić information content (AvgIpc) is 3.05. The number of halogens is 1. The van der Waals surface area contributed by atoms with Gasteiger partial charge < -0.3 is 14.7 Å². The van der Waals surface area contributed by atoms with E-state index in [1.807, 2.05) is 0 Å². The molecule has 1 saturated heterocycles. The maximum Gasteiger partial charge on any atom is 0.295 e. The van der Waals surface area contributed by atoms with Gasteiger partial charge in [-0.2, -0.15) is 0 Å². The van der Waals surface area contributed by atoms with Crippen LogP contribution < -0.4 is 4.74 Å². The molecule has 0 radical (unpaired) electrons. The molecule has 1 aromatic heterocycles. The van der Waals surface area contributed by atoms with E-state index in [1.54, 1.807) is 80.2 Å². The number of benzene rings is 2. The number of amides is 1. The van der Waals surface area contributed by atoms with E-state index in [0.29, 0.717) is 21.9 Å². The Labute approximate surface area is 184 Å². The summed E-state index contributed by atoms with van der Waals surface area (Å²) in [6.07, 6.45) is 3.25. The third kappa shape index (κ3) is 4.02. The number of rotatable bonds is 5. The number of methoxy groups -OCH3 is 1. The van der Waals surface area contributed by atoms with Crippen LogP contribution in [-0.4, -0.2) is 33.8 Å². The minimum Gasteiger partial charge on any atom is -0.507 e. The molecule has 0 spiro atoms. The van der Waals surface area contributed by atoms with Crippen LogP contribution in [0.15, 0.2) is 78.6 Å². The Hall–Kier alpha value is -3.64. The Kier molecular flexibility index (Phi) is 5.73. The molecule has 2 heterocycles. The summed E-state index contributed by atoms with van der Waals surface area (Å²) in [5.74, 6) is -1.03. The normalized spacial score (nSPS) is 17.7. The number of likely N-dealkylation sites (tertiary alicyclic amines) is 1. The van der Waals surface area contributed by atoms with Crippen molar-refractivity contribution in [2.75, 3.05) is 7.11 Å². The number of carbonyl (C=O) groups excluding carboxylic acids is 2. The van der Waals surface area contributed by atoms with Crippen molar-refractivity contribution in [2.24, 2.45) is 0 Å². The molecular weight excluding hydrogens is 416 g/mol. The lowest BCUT2D eigenvalue weighted by atomic mass is 9.95. The maximum absolute atomic E-state index is 13.0. The van der Waals surface area contributed by atoms with Gasteiger partial charge >= 0.3 is 0 Å². The summed E-state index contributed by atoms with van der Waals surface area (Å²) in [7, 11) is 1.54. The number of hydrogen-bond donors (Lipinski definition) is 1. The molecule has 6 nitrogen and oxygen atoms in total. The minimum atomic E-state index is -0.757. The Morgan fingerprint density at radius 3 is 2.29 bits per heavy atom. The molecule has 1 aliphatic heterocycles. The van der Waals surface area contributed by atoms with Crippen LogP contribution in [0, 0.1) is 0 Å². The van der Waals surface area contributed by atoms with Crippen molar-refractivity contribution in [3.05, 3.63) is 100 Å². The van der Waals surface area contributed by atoms with Crippen molar-refractivity contribution in [1.29, 1.82) is 0 Å². The van der Waals surface area contributed by atoms with E-state index in [-0.39, 0.29) is 17.9 Å². The van der Waals surface area contributed by atoms with Gasteiger partial charge in [-0.1, -0.05) is 23.7 Å². The molecule has 2 aromatic carbocycles. The first kappa shape index (κ1) is 20.6. The lowest BCUT2D eigenvalue weighted by Gasteiger charge is -2.25. The lowest BCUT2D eigenvalue weighted by molar-refractivity contribution is -0.140. The predicted molar refractivity (Wildman–Crippen MR) is 117 cm³/mol. The van der Waals surface area contributed by atoms with Gasteiger partial charge in [-0.25, -0.2) is 0 Å². The van der Waals surface area contributed by atoms with Crippen molar-refractivity contribution >= 4 is 29.1 Å². The zero-order valence-electron chi connectivity index (χ0n) is 16.7. The number of nitrogens with zero attached hydrogens (tertiary/aromatic N) is 2. The van der Waals surface area contributed by atoms with E-state index in [2.05, 4.69) is 4.98 Å². The van der Waals surface area contributed by atoms with Gasteiger partial charge in [0.2, 0.25) is 0 Å². The SMILES string of the molecule is COc1ccc(/C(O)=C2/C(=O)C(=O)N(Cc3ccncc3)C2c2ccc(Cl)cc2)cc1. The highest BCUT2D eigenvalue weighted by molar-refractivity contribution is 6.46. The topological polar surface area (TPSA) is 79.7 Å². The summed E-state index contributed by atoms with van der Waals surface area (Å²) in [6.45, 7) is 0.194. The number of aliphatic hydroxyl groups is 1. The molecule has 1 fully saturated rings. The number of Topliss-reactive ketones (excluding diaryl/α,β-unsaturated/α-hetero) is 1. The first-order valence-electron chi connectivity index (χ1n) is 9.57. The van der Waals surface area contributed by atoms with Crippen LogP contribution in [0.3, 0.4) is 0 Å². The molecule has 1 unspecified atom stereocenters. The fourth-order valence-electron chi connectivity index (χ4n) is 3.62. The van der Waals surface area contributed by atoms with Crippen LogP contribution in [0.5, 0.6) is 5.75 Å². The fourth-order valence-corrected chi connectivity index (χ4v) is 3.75. The number of aliphatic hydroxyl groups excluding tert-OH is 1. The van der Waals surface area contributed by atoms with Crippen LogP contribution in [-0.2, 0) is 16.1 Å². The van der Waals surface area contributed by atoms with E-state index >= 15 is 0 Å². The summed E-state index contributed by atoms with van der Waals surface area (Å²) in [5, 5.41) is 11.6. The average molecular weight is 435 g/mol. The molecule has 1 amide bonds. The van der Waals surface area contributed by atoms with Gasteiger partial charge in [-0.15, -0.1) is 0 Å². The van der Waals surface area contributed by atoms with Crippen LogP contribution in [0.1, 0.15) is 22.7 Å². The van der Waals surface area contributed by atoms with E-state index in [1.165, 1.54) is 4.90 Å². The zero-order valence-corrected chi connectivity index (χ0v) is 17.4. The molecule has 1 aliphatic rings.